The molecule has 4 nitrogen and oxygen atoms in total. The molecule has 0 unspecified atom stereocenters. The summed E-state index contributed by atoms with van der Waals surface area (Å²) in [6.07, 6.45) is -5.30. The number of aryl methyl sites for hydroxylation is 1. The van der Waals surface area contributed by atoms with Crippen molar-refractivity contribution >= 4 is 5.97 Å². The van der Waals surface area contributed by atoms with Crippen LogP contribution in [0.15, 0.2) is 16.5 Å². The van der Waals surface area contributed by atoms with Crippen molar-refractivity contribution in [1.29, 1.82) is 0 Å². The third-order valence-electron chi connectivity index (χ3n) is 2.21. The zero-order valence-electron chi connectivity index (χ0n) is 11.2. The Labute approximate surface area is 118 Å². The predicted molar refractivity (Wildman–Crippen MR) is 65.7 cm³/mol. The Hall–Kier alpha value is -2.38. The molecule has 0 aliphatic heterocycles. The van der Waals surface area contributed by atoms with Gasteiger partial charge in [0.05, 0.1) is 6.61 Å². The molecule has 1 aromatic rings. The predicted octanol–water partition coefficient (Wildman–Crippen LogP) is 1.80. The molecule has 1 aromatic heterocycles. The first-order valence-electron chi connectivity index (χ1n) is 5.76. The van der Waals surface area contributed by atoms with Crippen molar-refractivity contribution in [1.82, 2.24) is 0 Å². The Morgan fingerprint density at radius 1 is 1.38 bits per heavy atom. The summed E-state index contributed by atoms with van der Waals surface area (Å²) in [6.45, 7) is 2.65. The summed E-state index contributed by atoms with van der Waals surface area (Å²) in [4.78, 5) is 11.2. The molecule has 0 saturated heterocycles. The lowest BCUT2D eigenvalue weighted by molar-refractivity contribution is -0.242. The molecule has 0 spiro atoms. The highest BCUT2D eigenvalue weighted by molar-refractivity contribution is 5.84. The molecule has 0 radical (unpaired) electrons. The molecule has 7 heteroatoms. The zero-order valence-corrected chi connectivity index (χ0v) is 11.2. The molecule has 21 heavy (non-hydrogen) atoms. The number of rotatable bonds is 2. The van der Waals surface area contributed by atoms with Crippen LogP contribution in [0.5, 0.6) is 0 Å². The molecule has 0 aliphatic rings. The van der Waals surface area contributed by atoms with Gasteiger partial charge in [0.15, 0.2) is 5.76 Å². The zero-order chi connectivity index (χ0) is 16.1. The Morgan fingerprint density at radius 3 is 2.52 bits per heavy atom. The first kappa shape index (κ1) is 16.7. The molecule has 0 aliphatic carbocycles. The largest absolute Gasteiger partial charge is 0.463 e. The fourth-order valence-electron chi connectivity index (χ4n) is 1.19. The Bertz CT molecular complexity index is 637. The van der Waals surface area contributed by atoms with Crippen molar-refractivity contribution in [3.63, 3.8) is 0 Å². The van der Waals surface area contributed by atoms with Gasteiger partial charge in [-0.15, -0.1) is 0 Å². The Morgan fingerprint density at radius 2 is 2.05 bits per heavy atom. The van der Waals surface area contributed by atoms with E-state index >= 15 is 0 Å². The van der Waals surface area contributed by atoms with Crippen molar-refractivity contribution in [2.24, 2.45) is 0 Å². The SMILES string of the molecule is CCOC(=O)[C@](O)(C#CC#Cc1ccc(C)o1)C(F)(F)F. The van der Waals surface area contributed by atoms with Crippen LogP contribution >= 0.6 is 0 Å². The van der Waals surface area contributed by atoms with E-state index in [0.29, 0.717) is 5.76 Å². The van der Waals surface area contributed by atoms with Crippen molar-refractivity contribution in [3.8, 4) is 23.7 Å². The molecule has 1 rings (SSSR count). The highest BCUT2D eigenvalue weighted by Gasteiger charge is 2.60. The van der Waals surface area contributed by atoms with Gasteiger partial charge in [-0.1, -0.05) is 0 Å². The van der Waals surface area contributed by atoms with E-state index in [1.54, 1.807) is 18.9 Å². The highest BCUT2D eigenvalue weighted by atomic mass is 19.4. The van der Waals surface area contributed by atoms with Crippen LogP contribution in [-0.2, 0) is 9.53 Å². The molecular weight excluding hydrogens is 289 g/mol. The Kier molecular flexibility index (Phi) is 5.07. The fraction of sp³-hybridized carbons (Fsp3) is 0.357. The molecule has 0 aromatic carbocycles. The van der Waals surface area contributed by atoms with Crippen molar-refractivity contribution in [2.45, 2.75) is 25.6 Å². The fourth-order valence-corrected chi connectivity index (χ4v) is 1.19. The minimum Gasteiger partial charge on any atom is -0.463 e. The maximum Gasteiger partial charge on any atom is 0.440 e. The smallest absolute Gasteiger partial charge is 0.440 e. The molecule has 112 valence electrons. The number of ether oxygens (including phenoxy) is 1. The Balaban J connectivity index is 3.02. The lowest BCUT2D eigenvalue weighted by atomic mass is 10.1. The number of furan rings is 1. The van der Waals surface area contributed by atoms with E-state index in [-0.39, 0.29) is 12.4 Å². The number of alkyl halides is 3. The van der Waals surface area contributed by atoms with Crippen LogP contribution in [0.2, 0.25) is 0 Å². The van der Waals surface area contributed by atoms with Gasteiger partial charge in [-0.3, -0.25) is 0 Å². The second kappa shape index (κ2) is 6.38. The van der Waals surface area contributed by atoms with E-state index in [1.807, 2.05) is 0 Å². The van der Waals surface area contributed by atoms with Crippen LogP contribution < -0.4 is 0 Å². The number of esters is 1. The summed E-state index contributed by atoms with van der Waals surface area (Å²) < 4.78 is 47.4. The first-order valence-corrected chi connectivity index (χ1v) is 5.76. The van der Waals surface area contributed by atoms with E-state index in [0.717, 1.165) is 0 Å². The summed E-state index contributed by atoms with van der Waals surface area (Å²) in [7, 11) is 0. The molecule has 0 amide bonds. The lowest BCUT2D eigenvalue weighted by Crippen LogP contribution is -2.51. The van der Waals surface area contributed by atoms with E-state index in [1.165, 1.54) is 18.9 Å². The lowest BCUT2D eigenvalue weighted by Gasteiger charge is -2.22. The topological polar surface area (TPSA) is 59.7 Å². The summed E-state index contributed by atoms with van der Waals surface area (Å²) in [5.41, 5.74) is -3.91. The van der Waals surface area contributed by atoms with E-state index in [2.05, 4.69) is 16.6 Å². The second-order valence-corrected chi connectivity index (χ2v) is 3.84. The average molecular weight is 300 g/mol. The summed E-state index contributed by atoms with van der Waals surface area (Å²) in [5, 5.41) is 9.38. The first-order chi connectivity index (χ1) is 9.70. The third kappa shape index (κ3) is 4.04. The number of carbonyl (C=O) groups is 1. The molecule has 0 saturated carbocycles. The van der Waals surface area contributed by atoms with Gasteiger partial charge in [-0.2, -0.15) is 13.2 Å². The van der Waals surface area contributed by atoms with Gasteiger partial charge in [0.2, 0.25) is 0 Å². The number of halogens is 3. The normalized spacial score (nSPS) is 13.2. The molecular formula is C14H11F3O4. The maximum atomic E-state index is 12.7. The summed E-state index contributed by atoms with van der Waals surface area (Å²) in [6, 6.07) is 3.12. The van der Waals surface area contributed by atoms with E-state index in [9.17, 15) is 23.1 Å². The van der Waals surface area contributed by atoms with E-state index in [4.69, 9.17) is 4.42 Å². The molecule has 1 heterocycles. The minimum absolute atomic E-state index is 0.202. The molecule has 1 atom stereocenters. The van der Waals surface area contributed by atoms with Gasteiger partial charge in [0.25, 0.3) is 0 Å². The number of hydrogen-bond acceptors (Lipinski definition) is 4. The number of carbonyl (C=O) groups excluding carboxylic acids is 1. The highest BCUT2D eigenvalue weighted by Crippen LogP contribution is 2.31. The quantitative estimate of drug-likeness (QED) is 0.668. The van der Waals surface area contributed by atoms with Crippen LogP contribution in [-0.4, -0.2) is 29.5 Å². The van der Waals surface area contributed by atoms with Gasteiger partial charge in [0, 0.05) is 0 Å². The molecule has 0 fully saturated rings. The maximum absolute atomic E-state index is 12.7. The summed E-state index contributed by atoms with van der Waals surface area (Å²) >= 11 is 0. The van der Waals surface area contributed by atoms with Crippen molar-refractivity contribution < 1.29 is 32.2 Å². The van der Waals surface area contributed by atoms with Gasteiger partial charge < -0.3 is 14.3 Å². The second-order valence-electron chi connectivity index (χ2n) is 3.84. The van der Waals surface area contributed by atoms with Crippen LogP contribution in [0, 0.1) is 30.6 Å². The molecule has 0 bridgehead atoms. The number of hydrogen-bond donors (Lipinski definition) is 1. The van der Waals surface area contributed by atoms with E-state index < -0.39 is 17.7 Å². The monoisotopic (exact) mass is 300 g/mol. The number of aliphatic hydroxyl groups is 1. The van der Waals surface area contributed by atoms with Crippen LogP contribution in [0.25, 0.3) is 0 Å². The molecule has 1 N–H and O–H groups in total. The third-order valence-corrected chi connectivity index (χ3v) is 2.21. The average Bonchev–Trinajstić information content (AvgIpc) is 2.79. The van der Waals surface area contributed by atoms with Crippen LogP contribution in [0.1, 0.15) is 18.4 Å². The standard InChI is InChI=1S/C14H11F3O4/c1-3-20-12(18)13(19,14(15,16)17)9-5-4-6-11-8-7-10(2)21-11/h7-8,19H,3H2,1-2H3/t13-/m1/s1. The van der Waals surface area contributed by atoms with Gasteiger partial charge in [0.1, 0.15) is 5.76 Å². The minimum atomic E-state index is -5.30. The van der Waals surface area contributed by atoms with Gasteiger partial charge in [-0.25, -0.2) is 4.79 Å². The van der Waals surface area contributed by atoms with Crippen LogP contribution in [0.3, 0.4) is 0 Å². The summed E-state index contributed by atoms with van der Waals surface area (Å²) in [5.74, 6) is 6.47. The van der Waals surface area contributed by atoms with Gasteiger partial charge in [-0.05, 0) is 49.7 Å². The van der Waals surface area contributed by atoms with Gasteiger partial charge >= 0.3 is 17.7 Å². The van der Waals surface area contributed by atoms with Crippen molar-refractivity contribution in [3.05, 3.63) is 23.7 Å². The van der Waals surface area contributed by atoms with Crippen LogP contribution in [0.4, 0.5) is 13.2 Å². The van der Waals surface area contributed by atoms with Crippen molar-refractivity contribution in [2.75, 3.05) is 6.61 Å².